The van der Waals surface area contributed by atoms with Crippen LogP contribution in [0.1, 0.15) is 52.4 Å². The van der Waals surface area contributed by atoms with E-state index in [1.54, 1.807) is 0 Å². The van der Waals surface area contributed by atoms with Gasteiger partial charge in [-0.05, 0) is 45.2 Å². The summed E-state index contributed by atoms with van der Waals surface area (Å²) in [4.78, 5) is 2.52. The lowest BCUT2D eigenvalue weighted by molar-refractivity contribution is 0.106. The zero-order valence-corrected chi connectivity index (χ0v) is 10.8. The molecule has 1 aliphatic rings. The fourth-order valence-corrected chi connectivity index (χ4v) is 2.88. The van der Waals surface area contributed by atoms with Crippen molar-refractivity contribution in [2.75, 3.05) is 20.1 Å². The minimum Gasteiger partial charge on any atom is -0.329 e. The average Bonchev–Trinajstić information content (AvgIpc) is 2.41. The summed E-state index contributed by atoms with van der Waals surface area (Å²) >= 11 is 0. The molecule has 0 saturated heterocycles. The van der Waals surface area contributed by atoms with Gasteiger partial charge in [-0.2, -0.15) is 0 Å². The van der Waals surface area contributed by atoms with E-state index < -0.39 is 0 Å². The molecule has 2 heteroatoms. The van der Waals surface area contributed by atoms with Gasteiger partial charge in [0.25, 0.3) is 0 Å². The van der Waals surface area contributed by atoms with E-state index in [0.29, 0.717) is 5.54 Å². The third kappa shape index (κ3) is 3.18. The van der Waals surface area contributed by atoms with E-state index in [4.69, 9.17) is 5.73 Å². The van der Waals surface area contributed by atoms with Crippen molar-refractivity contribution in [2.24, 2.45) is 11.7 Å². The van der Waals surface area contributed by atoms with Crippen LogP contribution in [-0.2, 0) is 0 Å². The highest BCUT2D eigenvalue weighted by molar-refractivity contribution is 4.92. The summed E-state index contributed by atoms with van der Waals surface area (Å²) in [7, 11) is 2.26. The van der Waals surface area contributed by atoms with Crippen LogP contribution in [0.25, 0.3) is 0 Å². The molecular formula is C13H28N2. The summed E-state index contributed by atoms with van der Waals surface area (Å²) in [6.07, 6.45) is 7.92. The highest BCUT2D eigenvalue weighted by atomic mass is 15.2. The smallest absolute Gasteiger partial charge is 0.0328 e. The maximum Gasteiger partial charge on any atom is 0.0328 e. The number of hydrogen-bond acceptors (Lipinski definition) is 2. The van der Waals surface area contributed by atoms with Crippen LogP contribution in [0, 0.1) is 5.92 Å². The van der Waals surface area contributed by atoms with Gasteiger partial charge in [-0.15, -0.1) is 0 Å². The molecule has 2 unspecified atom stereocenters. The molecule has 1 fully saturated rings. The first-order chi connectivity index (χ1) is 7.14. The molecule has 2 N–H and O–H groups in total. The molecule has 90 valence electrons. The Labute approximate surface area is 95.2 Å². The first-order valence-corrected chi connectivity index (χ1v) is 6.56. The quantitative estimate of drug-likeness (QED) is 0.726. The minimum absolute atomic E-state index is 0.306. The molecule has 1 aliphatic carbocycles. The van der Waals surface area contributed by atoms with Crippen LogP contribution in [0.4, 0.5) is 0 Å². The number of likely N-dealkylation sites (N-methyl/N-ethyl adjacent to an activating group) is 1. The lowest BCUT2D eigenvalue weighted by Gasteiger charge is -2.41. The second kappa shape index (κ2) is 5.86. The van der Waals surface area contributed by atoms with Crippen LogP contribution in [-0.4, -0.2) is 30.6 Å². The topological polar surface area (TPSA) is 29.3 Å². The predicted molar refractivity (Wildman–Crippen MR) is 67.0 cm³/mol. The van der Waals surface area contributed by atoms with Crippen LogP contribution in [0.3, 0.4) is 0 Å². The van der Waals surface area contributed by atoms with E-state index in [-0.39, 0.29) is 0 Å². The van der Waals surface area contributed by atoms with Crippen molar-refractivity contribution in [1.82, 2.24) is 4.90 Å². The van der Waals surface area contributed by atoms with Crippen molar-refractivity contribution in [1.29, 1.82) is 0 Å². The molecule has 2 nitrogen and oxygen atoms in total. The fourth-order valence-electron chi connectivity index (χ4n) is 2.88. The van der Waals surface area contributed by atoms with Gasteiger partial charge in [0.15, 0.2) is 0 Å². The lowest BCUT2D eigenvalue weighted by atomic mass is 9.88. The van der Waals surface area contributed by atoms with Crippen LogP contribution in [0.2, 0.25) is 0 Å². The van der Waals surface area contributed by atoms with Gasteiger partial charge in [-0.1, -0.05) is 26.7 Å². The van der Waals surface area contributed by atoms with E-state index in [9.17, 15) is 0 Å². The van der Waals surface area contributed by atoms with E-state index in [1.807, 2.05) is 0 Å². The molecule has 0 aromatic rings. The largest absolute Gasteiger partial charge is 0.329 e. The van der Waals surface area contributed by atoms with Crippen LogP contribution < -0.4 is 5.73 Å². The Morgan fingerprint density at radius 1 is 1.33 bits per heavy atom. The molecule has 1 saturated carbocycles. The molecule has 0 bridgehead atoms. The Morgan fingerprint density at radius 2 is 2.07 bits per heavy atom. The second-order valence-corrected chi connectivity index (χ2v) is 5.39. The Hall–Kier alpha value is -0.0800. The summed E-state index contributed by atoms with van der Waals surface area (Å²) in [6.45, 7) is 6.65. The SMILES string of the molecule is CCCN(C)C1(CN)CCCC(C)CC1. The van der Waals surface area contributed by atoms with Gasteiger partial charge in [-0.25, -0.2) is 0 Å². The Kier molecular flexibility index (Phi) is 5.07. The molecular weight excluding hydrogens is 184 g/mol. The molecule has 0 heterocycles. The zero-order valence-electron chi connectivity index (χ0n) is 10.8. The second-order valence-electron chi connectivity index (χ2n) is 5.39. The van der Waals surface area contributed by atoms with E-state index in [1.165, 1.54) is 45.1 Å². The van der Waals surface area contributed by atoms with Gasteiger partial charge in [-0.3, -0.25) is 4.90 Å². The number of nitrogens with zero attached hydrogens (tertiary/aromatic N) is 1. The summed E-state index contributed by atoms with van der Waals surface area (Å²) < 4.78 is 0. The summed E-state index contributed by atoms with van der Waals surface area (Å²) in [5, 5.41) is 0. The number of rotatable bonds is 4. The minimum atomic E-state index is 0.306. The van der Waals surface area contributed by atoms with Crippen molar-refractivity contribution in [2.45, 2.75) is 57.9 Å². The van der Waals surface area contributed by atoms with Crippen LogP contribution >= 0.6 is 0 Å². The normalized spacial score (nSPS) is 33.0. The number of hydrogen-bond donors (Lipinski definition) is 1. The standard InChI is InChI=1S/C13H28N2/c1-4-10-15(3)13(11-14)8-5-6-12(2)7-9-13/h12H,4-11,14H2,1-3H3. The highest BCUT2D eigenvalue weighted by Crippen LogP contribution is 2.33. The van der Waals surface area contributed by atoms with Crippen molar-refractivity contribution in [3.8, 4) is 0 Å². The van der Waals surface area contributed by atoms with E-state index in [0.717, 1.165) is 12.5 Å². The fraction of sp³-hybridized carbons (Fsp3) is 1.00. The van der Waals surface area contributed by atoms with Gasteiger partial charge in [0.05, 0.1) is 0 Å². The Bertz CT molecular complexity index is 181. The van der Waals surface area contributed by atoms with Gasteiger partial charge >= 0.3 is 0 Å². The van der Waals surface area contributed by atoms with Crippen molar-refractivity contribution in [3.05, 3.63) is 0 Å². The highest BCUT2D eigenvalue weighted by Gasteiger charge is 2.34. The first kappa shape index (κ1) is 13.0. The average molecular weight is 212 g/mol. The van der Waals surface area contributed by atoms with E-state index >= 15 is 0 Å². The van der Waals surface area contributed by atoms with Crippen molar-refractivity contribution >= 4 is 0 Å². The maximum absolute atomic E-state index is 6.04. The molecule has 0 aromatic carbocycles. The third-order valence-corrected chi connectivity index (χ3v) is 4.19. The van der Waals surface area contributed by atoms with Crippen molar-refractivity contribution < 1.29 is 0 Å². The summed E-state index contributed by atoms with van der Waals surface area (Å²) in [6, 6.07) is 0. The van der Waals surface area contributed by atoms with Gasteiger partial charge in [0.2, 0.25) is 0 Å². The predicted octanol–water partition coefficient (Wildman–Crippen LogP) is 2.63. The molecule has 0 aromatic heterocycles. The molecule has 2 atom stereocenters. The number of nitrogens with two attached hydrogens (primary N) is 1. The van der Waals surface area contributed by atoms with Gasteiger partial charge in [0.1, 0.15) is 0 Å². The molecule has 1 rings (SSSR count). The summed E-state index contributed by atoms with van der Waals surface area (Å²) in [5.74, 6) is 0.897. The molecule has 0 amide bonds. The van der Waals surface area contributed by atoms with Gasteiger partial charge < -0.3 is 5.73 Å². The Morgan fingerprint density at radius 3 is 2.67 bits per heavy atom. The molecule has 0 aliphatic heterocycles. The maximum atomic E-state index is 6.04. The van der Waals surface area contributed by atoms with Crippen LogP contribution in [0.15, 0.2) is 0 Å². The molecule has 0 spiro atoms. The van der Waals surface area contributed by atoms with Crippen LogP contribution in [0.5, 0.6) is 0 Å². The molecule has 15 heavy (non-hydrogen) atoms. The van der Waals surface area contributed by atoms with Gasteiger partial charge in [0, 0.05) is 12.1 Å². The summed E-state index contributed by atoms with van der Waals surface area (Å²) in [5.41, 5.74) is 6.35. The third-order valence-electron chi connectivity index (χ3n) is 4.19. The molecule has 0 radical (unpaired) electrons. The lowest BCUT2D eigenvalue weighted by Crippen LogP contribution is -2.52. The van der Waals surface area contributed by atoms with Crippen molar-refractivity contribution in [3.63, 3.8) is 0 Å². The monoisotopic (exact) mass is 212 g/mol. The first-order valence-electron chi connectivity index (χ1n) is 6.56. The van der Waals surface area contributed by atoms with E-state index in [2.05, 4.69) is 25.8 Å². The zero-order chi connectivity index (χ0) is 11.3. The Balaban J connectivity index is 2.65.